The van der Waals surface area contributed by atoms with Crippen molar-refractivity contribution in [3.8, 4) is 17.1 Å². The minimum atomic E-state index is 0. The van der Waals surface area contributed by atoms with E-state index >= 15 is 0 Å². The minimum Gasteiger partial charge on any atom is -0.370 e. The molecule has 230 valence electrons. The van der Waals surface area contributed by atoms with Crippen LogP contribution >= 0.6 is 12.4 Å². The summed E-state index contributed by atoms with van der Waals surface area (Å²) in [5.41, 5.74) is 8.00. The Morgan fingerprint density at radius 3 is 2.34 bits per heavy atom. The molecule has 0 aliphatic carbocycles. The number of halogens is 1. The van der Waals surface area contributed by atoms with Crippen molar-refractivity contribution in [2.75, 3.05) is 55.6 Å². The van der Waals surface area contributed by atoms with Crippen molar-refractivity contribution in [1.82, 2.24) is 24.4 Å². The quantitative estimate of drug-likeness (QED) is 0.154. The summed E-state index contributed by atoms with van der Waals surface area (Å²) in [6, 6.07) is 27.4. The van der Waals surface area contributed by atoms with Gasteiger partial charge in [0.25, 0.3) is 0 Å². The fourth-order valence-electron chi connectivity index (χ4n) is 6.28. The predicted molar refractivity (Wildman–Crippen MR) is 186 cm³/mol. The van der Waals surface area contributed by atoms with Crippen molar-refractivity contribution < 1.29 is 0 Å². The first-order valence-electron chi connectivity index (χ1n) is 15.8. The summed E-state index contributed by atoms with van der Waals surface area (Å²) < 4.78 is 2.16. The Kier molecular flexibility index (Phi) is 10.5. The Labute approximate surface area is 268 Å². The minimum absolute atomic E-state index is 0. The summed E-state index contributed by atoms with van der Waals surface area (Å²) in [4.78, 5) is 22.3. The molecule has 0 radical (unpaired) electrons. The zero-order valence-corrected chi connectivity index (χ0v) is 27.0. The monoisotopic (exact) mass is 609 g/mol. The highest BCUT2D eigenvalue weighted by molar-refractivity contribution is 5.88. The Morgan fingerprint density at radius 1 is 0.795 bits per heavy atom. The first-order chi connectivity index (χ1) is 21.1. The summed E-state index contributed by atoms with van der Waals surface area (Å²) in [5, 5.41) is 0. The van der Waals surface area contributed by atoms with Crippen molar-refractivity contribution >= 4 is 35.1 Å². The first-order valence-corrected chi connectivity index (χ1v) is 15.8. The fraction of sp³-hybridized carbons (Fsp3) is 0.361. The van der Waals surface area contributed by atoms with Crippen molar-refractivity contribution in [3.05, 3.63) is 96.3 Å². The topological polar surface area (TPSA) is 53.3 Å². The average Bonchev–Trinajstić information content (AvgIpc) is 3.29. The molecule has 1 aliphatic rings. The van der Waals surface area contributed by atoms with Gasteiger partial charge in [0.2, 0.25) is 0 Å². The predicted octanol–water partition coefficient (Wildman–Crippen LogP) is 7.34. The molecule has 0 bridgehead atoms. The van der Waals surface area contributed by atoms with E-state index in [1.165, 1.54) is 36.2 Å². The van der Waals surface area contributed by atoms with E-state index in [1.54, 1.807) is 6.33 Å². The maximum absolute atomic E-state index is 5.17. The molecule has 1 aliphatic heterocycles. The van der Waals surface area contributed by atoms with Gasteiger partial charge in [-0.15, -0.1) is 12.4 Å². The third kappa shape index (κ3) is 6.74. The maximum Gasteiger partial charge on any atom is 0.170 e. The molecule has 3 aromatic carbocycles. The summed E-state index contributed by atoms with van der Waals surface area (Å²) in [7, 11) is 0. The molecule has 1 saturated heterocycles. The van der Waals surface area contributed by atoms with Crippen LogP contribution in [0.1, 0.15) is 37.3 Å². The molecule has 7 nitrogen and oxygen atoms in total. The molecular weight excluding hydrogens is 566 g/mol. The van der Waals surface area contributed by atoms with E-state index in [4.69, 9.17) is 15.0 Å². The number of hydrogen-bond donors (Lipinski definition) is 0. The van der Waals surface area contributed by atoms with Gasteiger partial charge in [0.1, 0.15) is 12.2 Å². The van der Waals surface area contributed by atoms with Crippen LogP contribution in [-0.2, 0) is 0 Å². The van der Waals surface area contributed by atoms with Gasteiger partial charge in [-0.25, -0.2) is 15.0 Å². The Balaban J connectivity index is 0.00000384. The van der Waals surface area contributed by atoms with Gasteiger partial charge < -0.3 is 14.7 Å². The van der Waals surface area contributed by atoms with Crippen LogP contribution in [-0.4, -0.2) is 70.2 Å². The molecule has 0 unspecified atom stereocenters. The highest BCUT2D eigenvalue weighted by Crippen LogP contribution is 2.31. The Morgan fingerprint density at radius 2 is 1.57 bits per heavy atom. The number of imidazole rings is 1. The molecule has 1 fully saturated rings. The highest BCUT2D eigenvalue weighted by atomic mass is 35.5. The number of anilines is 2. The number of benzene rings is 3. The number of aryl methyl sites for hydroxylation is 1. The number of aromatic nitrogens is 4. The summed E-state index contributed by atoms with van der Waals surface area (Å²) >= 11 is 0. The van der Waals surface area contributed by atoms with Crippen LogP contribution in [0.25, 0.3) is 28.2 Å². The average molecular weight is 610 g/mol. The maximum atomic E-state index is 5.17. The third-order valence-corrected chi connectivity index (χ3v) is 8.81. The Bertz CT molecular complexity index is 1640. The molecule has 0 amide bonds. The van der Waals surface area contributed by atoms with E-state index in [2.05, 4.69) is 107 Å². The first kappa shape index (κ1) is 31.5. The molecule has 0 saturated carbocycles. The van der Waals surface area contributed by atoms with Crippen LogP contribution in [0.15, 0.2) is 85.2 Å². The van der Waals surface area contributed by atoms with Crippen LogP contribution in [0.5, 0.6) is 0 Å². The van der Waals surface area contributed by atoms with Crippen molar-refractivity contribution in [3.63, 3.8) is 0 Å². The van der Waals surface area contributed by atoms with E-state index in [0.717, 1.165) is 79.7 Å². The molecule has 6 rings (SSSR count). The fourth-order valence-corrected chi connectivity index (χ4v) is 6.28. The second kappa shape index (κ2) is 14.7. The number of hydrogen-bond acceptors (Lipinski definition) is 6. The number of rotatable bonds is 10. The molecule has 2 aromatic heterocycles. The van der Waals surface area contributed by atoms with Gasteiger partial charge in [0.05, 0.1) is 0 Å². The lowest BCUT2D eigenvalue weighted by atomic mass is 10.1. The lowest BCUT2D eigenvalue weighted by Gasteiger charge is -2.26. The number of nitrogens with zero attached hydrogens (tertiary/aromatic N) is 7. The standard InChI is InChI=1S/C36H43N7.ClH/c1-4-41(23-12-11-21-40-22-14-24-42(26-25-40)32-20-13-15-28(2)29(32)3)35-33-36(38-27-37-35)43(31-18-9-6-10-19-31)34(39-33)30-16-7-5-8-17-30;/h5-10,13,15-20,27H,4,11-12,14,21-26H2,1-3H3;1H. The van der Waals surface area contributed by atoms with Crippen molar-refractivity contribution in [2.24, 2.45) is 0 Å². The summed E-state index contributed by atoms with van der Waals surface area (Å²) in [6.45, 7) is 14.2. The van der Waals surface area contributed by atoms with Crippen LogP contribution in [0.3, 0.4) is 0 Å². The van der Waals surface area contributed by atoms with E-state index in [1.807, 2.05) is 12.1 Å². The van der Waals surface area contributed by atoms with E-state index < -0.39 is 0 Å². The number of fused-ring (bicyclic) bond motifs is 1. The second-order valence-corrected chi connectivity index (χ2v) is 11.5. The van der Waals surface area contributed by atoms with E-state index in [9.17, 15) is 0 Å². The molecule has 3 heterocycles. The van der Waals surface area contributed by atoms with Gasteiger partial charge >= 0.3 is 0 Å². The SMILES string of the molecule is CCN(CCCCN1CCCN(c2cccc(C)c2C)CC1)c1ncnc2c1nc(-c1ccccc1)n2-c1ccccc1.Cl. The van der Waals surface area contributed by atoms with Gasteiger partial charge in [-0.05, 0) is 82.4 Å². The molecule has 0 N–H and O–H groups in total. The zero-order chi connectivity index (χ0) is 29.6. The lowest BCUT2D eigenvalue weighted by molar-refractivity contribution is 0.287. The summed E-state index contributed by atoms with van der Waals surface area (Å²) in [6.07, 6.45) is 5.18. The number of unbranched alkanes of at least 4 members (excludes halogenated alkanes) is 1. The van der Waals surface area contributed by atoms with Gasteiger partial charge in [0, 0.05) is 49.7 Å². The number of para-hydroxylation sites is 1. The molecule has 0 atom stereocenters. The third-order valence-electron chi connectivity index (χ3n) is 8.81. The normalized spacial score (nSPS) is 13.9. The van der Waals surface area contributed by atoms with Crippen LogP contribution in [0, 0.1) is 13.8 Å². The van der Waals surface area contributed by atoms with Gasteiger partial charge in [0.15, 0.2) is 17.0 Å². The molecule has 0 spiro atoms. The zero-order valence-electron chi connectivity index (χ0n) is 26.2. The van der Waals surface area contributed by atoms with Crippen LogP contribution in [0.4, 0.5) is 11.5 Å². The Hall–Kier alpha value is -3.94. The van der Waals surface area contributed by atoms with Gasteiger partial charge in [-0.3, -0.25) is 4.57 Å². The second-order valence-electron chi connectivity index (χ2n) is 11.5. The largest absolute Gasteiger partial charge is 0.370 e. The van der Waals surface area contributed by atoms with Crippen LogP contribution < -0.4 is 9.80 Å². The van der Waals surface area contributed by atoms with E-state index in [-0.39, 0.29) is 12.4 Å². The van der Waals surface area contributed by atoms with Crippen LogP contribution in [0.2, 0.25) is 0 Å². The lowest BCUT2D eigenvalue weighted by Crippen LogP contribution is -2.32. The van der Waals surface area contributed by atoms with Crippen molar-refractivity contribution in [2.45, 2.75) is 40.0 Å². The molecular formula is C36H44ClN7. The van der Waals surface area contributed by atoms with Gasteiger partial charge in [-0.1, -0.05) is 60.7 Å². The van der Waals surface area contributed by atoms with E-state index in [0.29, 0.717) is 0 Å². The summed E-state index contributed by atoms with van der Waals surface area (Å²) in [5.74, 6) is 1.80. The van der Waals surface area contributed by atoms with Crippen molar-refractivity contribution in [1.29, 1.82) is 0 Å². The molecule has 5 aromatic rings. The molecule has 8 heteroatoms. The van der Waals surface area contributed by atoms with Gasteiger partial charge in [-0.2, -0.15) is 0 Å². The highest BCUT2D eigenvalue weighted by Gasteiger charge is 2.21. The molecule has 44 heavy (non-hydrogen) atoms. The smallest absolute Gasteiger partial charge is 0.170 e.